The molecule has 11 heteroatoms. The van der Waals surface area contributed by atoms with Gasteiger partial charge in [0.1, 0.15) is 23.9 Å². The number of aromatic nitrogens is 2. The van der Waals surface area contributed by atoms with E-state index >= 15 is 0 Å². The van der Waals surface area contributed by atoms with Crippen LogP contribution in [0.15, 0.2) is 12.5 Å². The number of cyclic esters (lactones) is 1. The lowest BCUT2D eigenvalue weighted by Gasteiger charge is -2.33. The Morgan fingerprint density at radius 1 is 1.24 bits per heavy atom. The third-order valence-electron chi connectivity index (χ3n) is 7.06. The zero-order valence-corrected chi connectivity index (χ0v) is 22.7. The molecule has 0 radical (unpaired) electrons. The molecule has 0 bridgehead atoms. The summed E-state index contributed by atoms with van der Waals surface area (Å²) >= 11 is 0. The molecule has 208 valence electrons. The number of aliphatic hydroxyl groups excluding tert-OH is 1. The number of nitrogens with one attached hydrogen (secondary N) is 2. The van der Waals surface area contributed by atoms with Crippen molar-refractivity contribution in [3.63, 3.8) is 0 Å². The number of amides is 3. The molecule has 1 aliphatic heterocycles. The molecule has 37 heavy (non-hydrogen) atoms. The van der Waals surface area contributed by atoms with E-state index < -0.39 is 48.0 Å². The standard InChI is InChI=1S/C26H43N5O6/c1-6-31-15-21(36-25(31)35)22(32)19(12-17-10-8-7-9-11-17)28-23(33)20(13-18-14-27-16-30(18)5)29-24(34)37-26(2,3)4/h14,16-17,19-22,32H,6-13,15H2,1-5H3,(H,28,33)(H,29,34)/t19-,20-,21-,22+/m0/s1. The molecule has 3 N–H and O–H groups in total. The van der Waals surface area contributed by atoms with Crippen LogP contribution in [-0.4, -0.2) is 80.6 Å². The van der Waals surface area contributed by atoms with Gasteiger partial charge in [-0.05, 0) is 40.0 Å². The largest absolute Gasteiger partial charge is 0.444 e. The number of aryl methyl sites for hydroxylation is 1. The monoisotopic (exact) mass is 521 g/mol. The lowest BCUT2D eigenvalue weighted by Crippen LogP contribution is -2.56. The maximum absolute atomic E-state index is 13.6. The van der Waals surface area contributed by atoms with E-state index in [9.17, 15) is 19.5 Å². The Kier molecular flexibility index (Phi) is 9.80. The second kappa shape index (κ2) is 12.6. The predicted molar refractivity (Wildman–Crippen MR) is 137 cm³/mol. The van der Waals surface area contributed by atoms with Crippen molar-refractivity contribution >= 4 is 18.1 Å². The van der Waals surface area contributed by atoms with Crippen LogP contribution in [0.1, 0.15) is 71.9 Å². The molecule has 3 amide bonds. The van der Waals surface area contributed by atoms with Gasteiger partial charge in [-0.25, -0.2) is 14.6 Å². The number of hydrogen-bond donors (Lipinski definition) is 3. The lowest BCUT2D eigenvalue weighted by atomic mass is 9.83. The average molecular weight is 522 g/mol. The highest BCUT2D eigenvalue weighted by molar-refractivity contribution is 5.86. The summed E-state index contributed by atoms with van der Waals surface area (Å²) in [6.07, 6.45) is 6.52. The Balaban J connectivity index is 1.78. The highest BCUT2D eigenvalue weighted by atomic mass is 16.6. The molecule has 0 unspecified atom stereocenters. The molecular formula is C26H43N5O6. The van der Waals surface area contributed by atoms with Crippen molar-refractivity contribution in [1.29, 1.82) is 0 Å². The Hall–Kier alpha value is -2.82. The molecule has 2 heterocycles. The Morgan fingerprint density at radius 2 is 1.95 bits per heavy atom. The number of carbonyl (C=O) groups excluding carboxylic acids is 3. The van der Waals surface area contributed by atoms with E-state index in [4.69, 9.17) is 9.47 Å². The first kappa shape index (κ1) is 28.7. The van der Waals surface area contributed by atoms with Crippen LogP contribution in [0.4, 0.5) is 9.59 Å². The minimum Gasteiger partial charge on any atom is -0.444 e. The van der Waals surface area contributed by atoms with Gasteiger partial charge in [0.05, 0.1) is 18.9 Å². The summed E-state index contributed by atoms with van der Waals surface area (Å²) in [4.78, 5) is 44.0. The maximum Gasteiger partial charge on any atom is 0.410 e. The molecule has 1 saturated heterocycles. The summed E-state index contributed by atoms with van der Waals surface area (Å²) in [6, 6.07) is -1.59. The van der Waals surface area contributed by atoms with Crippen molar-refractivity contribution in [2.75, 3.05) is 13.1 Å². The molecule has 4 atom stereocenters. The number of hydrogen-bond acceptors (Lipinski definition) is 7. The topological polar surface area (TPSA) is 135 Å². The maximum atomic E-state index is 13.6. The minimum atomic E-state index is -1.08. The molecule has 11 nitrogen and oxygen atoms in total. The van der Waals surface area contributed by atoms with Gasteiger partial charge in [-0.1, -0.05) is 32.1 Å². The zero-order chi connectivity index (χ0) is 27.2. The number of aliphatic hydroxyl groups is 1. The summed E-state index contributed by atoms with van der Waals surface area (Å²) in [5.74, 6) is -0.0917. The minimum absolute atomic E-state index is 0.190. The van der Waals surface area contributed by atoms with E-state index in [1.807, 2.05) is 14.0 Å². The van der Waals surface area contributed by atoms with E-state index in [-0.39, 0.29) is 13.0 Å². The van der Waals surface area contributed by atoms with E-state index in [0.717, 1.165) is 31.4 Å². The molecule has 0 spiro atoms. The number of nitrogens with zero attached hydrogens (tertiary/aromatic N) is 3. The summed E-state index contributed by atoms with van der Waals surface area (Å²) < 4.78 is 12.6. The molecule has 1 aliphatic carbocycles. The van der Waals surface area contributed by atoms with Gasteiger partial charge in [0.15, 0.2) is 0 Å². The van der Waals surface area contributed by atoms with Gasteiger partial charge in [-0.3, -0.25) is 4.79 Å². The number of rotatable bonds is 10. The summed E-state index contributed by atoms with van der Waals surface area (Å²) in [6.45, 7) is 7.85. The Bertz CT molecular complexity index is 923. The van der Waals surface area contributed by atoms with Gasteiger partial charge < -0.3 is 34.7 Å². The van der Waals surface area contributed by atoms with Crippen LogP contribution >= 0.6 is 0 Å². The summed E-state index contributed by atoms with van der Waals surface area (Å²) in [5, 5.41) is 17.0. The molecule has 2 aliphatic rings. The first-order valence-electron chi connectivity index (χ1n) is 13.4. The number of ether oxygens (including phenoxy) is 2. The average Bonchev–Trinajstić information content (AvgIpc) is 3.41. The fourth-order valence-corrected chi connectivity index (χ4v) is 5.03. The van der Waals surface area contributed by atoms with Crippen LogP contribution in [0.3, 0.4) is 0 Å². The van der Waals surface area contributed by atoms with Crippen LogP contribution in [0.2, 0.25) is 0 Å². The molecule has 2 fully saturated rings. The summed E-state index contributed by atoms with van der Waals surface area (Å²) in [5.41, 5.74) is 0.0263. The first-order chi connectivity index (χ1) is 17.5. The highest BCUT2D eigenvalue weighted by Gasteiger charge is 2.40. The van der Waals surface area contributed by atoms with Crippen molar-refractivity contribution in [3.05, 3.63) is 18.2 Å². The first-order valence-corrected chi connectivity index (χ1v) is 13.4. The van der Waals surface area contributed by atoms with Gasteiger partial charge in [0, 0.05) is 31.9 Å². The number of imidazole rings is 1. The van der Waals surface area contributed by atoms with Gasteiger partial charge in [0.25, 0.3) is 0 Å². The van der Waals surface area contributed by atoms with Crippen LogP contribution < -0.4 is 10.6 Å². The SMILES string of the molecule is CCN1C[C@@H]([C@H](O)[C@H](CC2CCCCC2)NC(=O)[C@H](Cc2cncn2C)NC(=O)OC(C)(C)C)OC1=O. The second-order valence-electron chi connectivity index (χ2n) is 11.2. The molecule has 3 rings (SSSR count). The molecule has 1 saturated carbocycles. The molecular weight excluding hydrogens is 478 g/mol. The van der Waals surface area contributed by atoms with Crippen LogP contribution in [0.25, 0.3) is 0 Å². The third-order valence-corrected chi connectivity index (χ3v) is 7.06. The van der Waals surface area contributed by atoms with Crippen molar-refractivity contribution in [1.82, 2.24) is 25.1 Å². The Morgan fingerprint density at radius 3 is 2.51 bits per heavy atom. The van der Waals surface area contributed by atoms with Crippen LogP contribution in [0.5, 0.6) is 0 Å². The molecule has 1 aromatic heterocycles. The number of carbonyl (C=O) groups is 3. The van der Waals surface area contributed by atoms with Gasteiger partial charge in [0.2, 0.25) is 5.91 Å². The summed E-state index contributed by atoms with van der Waals surface area (Å²) in [7, 11) is 1.81. The van der Waals surface area contributed by atoms with E-state index in [2.05, 4.69) is 15.6 Å². The fourth-order valence-electron chi connectivity index (χ4n) is 5.03. The van der Waals surface area contributed by atoms with E-state index in [1.54, 1.807) is 37.9 Å². The quantitative estimate of drug-likeness (QED) is 0.431. The highest BCUT2D eigenvalue weighted by Crippen LogP contribution is 2.29. The number of alkyl carbamates (subject to hydrolysis) is 1. The normalized spacial score (nSPS) is 21.2. The zero-order valence-electron chi connectivity index (χ0n) is 22.7. The van der Waals surface area contributed by atoms with Crippen molar-refractivity contribution in [3.8, 4) is 0 Å². The number of likely N-dealkylation sites (N-methyl/N-ethyl adjacent to an activating group) is 1. The van der Waals surface area contributed by atoms with Crippen LogP contribution in [0, 0.1) is 5.92 Å². The molecule has 0 aromatic carbocycles. The predicted octanol–water partition coefficient (Wildman–Crippen LogP) is 2.51. The van der Waals surface area contributed by atoms with Crippen molar-refractivity contribution in [2.24, 2.45) is 13.0 Å². The second-order valence-corrected chi connectivity index (χ2v) is 11.2. The third kappa shape index (κ3) is 8.34. The fraction of sp³-hybridized carbons (Fsp3) is 0.769. The van der Waals surface area contributed by atoms with Crippen molar-refractivity contribution < 1.29 is 29.0 Å². The van der Waals surface area contributed by atoms with E-state index in [1.165, 1.54) is 11.3 Å². The van der Waals surface area contributed by atoms with Crippen molar-refractivity contribution in [2.45, 2.75) is 103 Å². The lowest BCUT2D eigenvalue weighted by molar-refractivity contribution is -0.125. The smallest absolute Gasteiger partial charge is 0.410 e. The molecule has 1 aromatic rings. The van der Waals surface area contributed by atoms with Crippen LogP contribution in [-0.2, 0) is 27.7 Å². The van der Waals surface area contributed by atoms with Gasteiger partial charge in [-0.2, -0.15) is 0 Å². The Labute approximate surface area is 219 Å². The van der Waals surface area contributed by atoms with Gasteiger partial charge in [-0.15, -0.1) is 0 Å². The van der Waals surface area contributed by atoms with Gasteiger partial charge >= 0.3 is 12.2 Å². The van der Waals surface area contributed by atoms with E-state index in [0.29, 0.717) is 18.9 Å².